The third-order valence-electron chi connectivity index (χ3n) is 7.28. The van der Waals surface area contributed by atoms with Gasteiger partial charge >= 0.3 is 6.36 Å². The summed E-state index contributed by atoms with van der Waals surface area (Å²) >= 11 is 0. The van der Waals surface area contributed by atoms with Crippen molar-refractivity contribution in [3.63, 3.8) is 0 Å². The minimum atomic E-state index is -4.83. The van der Waals surface area contributed by atoms with Crippen LogP contribution in [0.5, 0.6) is 5.75 Å². The van der Waals surface area contributed by atoms with E-state index in [1.807, 2.05) is 6.33 Å². The molecular formula is C26H35Cl2F3N8O2. The van der Waals surface area contributed by atoms with Crippen molar-refractivity contribution in [2.75, 3.05) is 23.7 Å². The Bertz CT molecular complexity index is 1300. The lowest BCUT2D eigenvalue weighted by molar-refractivity contribution is -0.274. The first-order valence-electron chi connectivity index (χ1n) is 13.4. The van der Waals surface area contributed by atoms with Gasteiger partial charge in [0.15, 0.2) is 17.0 Å². The number of amides is 1. The van der Waals surface area contributed by atoms with Crippen LogP contribution in [0.15, 0.2) is 30.6 Å². The van der Waals surface area contributed by atoms with Crippen LogP contribution in [0.4, 0.5) is 24.9 Å². The van der Waals surface area contributed by atoms with Gasteiger partial charge in [-0.25, -0.2) is 4.98 Å². The van der Waals surface area contributed by atoms with Gasteiger partial charge in [-0.1, -0.05) is 18.9 Å². The molecule has 2 fully saturated rings. The van der Waals surface area contributed by atoms with Crippen molar-refractivity contribution in [3.8, 4) is 5.75 Å². The third-order valence-corrected chi connectivity index (χ3v) is 7.28. The van der Waals surface area contributed by atoms with Gasteiger partial charge in [0.1, 0.15) is 5.75 Å². The Morgan fingerprint density at radius 1 is 1.05 bits per heavy atom. The van der Waals surface area contributed by atoms with Crippen molar-refractivity contribution in [1.29, 1.82) is 0 Å². The summed E-state index contributed by atoms with van der Waals surface area (Å²) in [5, 5.41) is 9.43. The standard InChI is InChI=1S/C26H33F3N8O2.2ClH/c27-26(28,29)39-20-7-3-4-16(14-20)24(38)32-13-12-31-22-21-23(37(15-33-21)19-5-1-2-6-19)36-25(35-22)34-18-10-8-17(30)9-11-18;;/h3-4,7,14-15,17-19H,1-2,5-6,8-13,30H2,(H,32,38)(H2,31,34,35,36);2*1H/t17-,18-;;. The SMILES string of the molecule is Cl.Cl.N[C@H]1CC[C@H](Nc2nc(NCCNC(=O)c3cccc(OC(F)(F)F)c3)c3ncn(C4CCCC4)c3n2)CC1. The second-order valence-electron chi connectivity index (χ2n) is 10.2. The van der Waals surface area contributed by atoms with E-state index >= 15 is 0 Å². The van der Waals surface area contributed by atoms with Crippen LogP contribution in [0.25, 0.3) is 11.2 Å². The zero-order valence-corrected chi connectivity index (χ0v) is 24.0. The lowest BCUT2D eigenvalue weighted by Crippen LogP contribution is -2.33. The number of imidazole rings is 1. The number of hydrogen-bond acceptors (Lipinski definition) is 8. The van der Waals surface area contributed by atoms with E-state index in [4.69, 9.17) is 15.7 Å². The van der Waals surface area contributed by atoms with Gasteiger partial charge in [0.2, 0.25) is 5.95 Å². The van der Waals surface area contributed by atoms with E-state index in [0.717, 1.165) is 56.3 Å². The number of nitrogens with zero attached hydrogens (tertiary/aromatic N) is 4. The number of halogens is 5. The number of fused-ring (bicyclic) bond motifs is 1. The van der Waals surface area contributed by atoms with E-state index in [1.54, 1.807) is 0 Å². The molecule has 0 radical (unpaired) electrons. The molecule has 1 amide bonds. The maximum Gasteiger partial charge on any atom is 0.573 e. The number of ether oxygens (including phenoxy) is 1. The Morgan fingerprint density at radius 2 is 1.78 bits per heavy atom. The van der Waals surface area contributed by atoms with Crippen LogP contribution in [0.3, 0.4) is 0 Å². The zero-order valence-electron chi connectivity index (χ0n) is 22.3. The van der Waals surface area contributed by atoms with Crippen LogP contribution in [0, 0.1) is 0 Å². The third kappa shape index (κ3) is 8.49. The largest absolute Gasteiger partial charge is 0.573 e. The van der Waals surface area contributed by atoms with Crippen molar-refractivity contribution < 1.29 is 22.7 Å². The topological polar surface area (TPSA) is 132 Å². The number of benzene rings is 1. The molecule has 2 aliphatic rings. The summed E-state index contributed by atoms with van der Waals surface area (Å²) in [6.07, 6.45) is 5.34. The quantitative estimate of drug-likeness (QED) is 0.240. The van der Waals surface area contributed by atoms with E-state index in [9.17, 15) is 18.0 Å². The highest BCUT2D eigenvalue weighted by atomic mass is 35.5. The lowest BCUT2D eigenvalue weighted by atomic mass is 9.92. The summed E-state index contributed by atoms with van der Waals surface area (Å²) in [5.74, 6) is 0.118. The Hall–Kier alpha value is -3.03. The van der Waals surface area contributed by atoms with Gasteiger partial charge in [-0.2, -0.15) is 9.97 Å². The summed E-state index contributed by atoms with van der Waals surface area (Å²) in [6.45, 7) is 0.534. The number of carbonyl (C=O) groups is 1. The number of alkyl halides is 3. The summed E-state index contributed by atoms with van der Waals surface area (Å²) in [6, 6.07) is 5.79. The zero-order chi connectivity index (χ0) is 27.4. The van der Waals surface area contributed by atoms with Gasteiger partial charge in [0, 0.05) is 36.8 Å². The van der Waals surface area contributed by atoms with E-state index in [2.05, 4.69) is 30.2 Å². The van der Waals surface area contributed by atoms with Crippen molar-refractivity contribution in [1.82, 2.24) is 24.8 Å². The molecule has 226 valence electrons. The molecule has 0 spiro atoms. The van der Waals surface area contributed by atoms with Crippen molar-refractivity contribution in [2.45, 2.75) is 75.9 Å². The first-order chi connectivity index (χ1) is 18.7. The van der Waals surface area contributed by atoms with Crippen molar-refractivity contribution >= 4 is 53.7 Å². The fourth-order valence-corrected chi connectivity index (χ4v) is 5.29. The first-order valence-corrected chi connectivity index (χ1v) is 13.4. The number of carbonyl (C=O) groups excluding carboxylic acids is 1. The highest BCUT2D eigenvalue weighted by molar-refractivity contribution is 5.94. The molecule has 0 aliphatic heterocycles. The molecule has 2 saturated carbocycles. The highest BCUT2D eigenvalue weighted by Crippen LogP contribution is 2.33. The predicted molar refractivity (Wildman–Crippen MR) is 155 cm³/mol. The molecule has 0 bridgehead atoms. The Morgan fingerprint density at radius 3 is 2.49 bits per heavy atom. The van der Waals surface area contributed by atoms with Gasteiger partial charge in [-0.3, -0.25) is 4.79 Å². The average molecular weight is 620 g/mol. The number of nitrogens with two attached hydrogens (primary N) is 1. The van der Waals surface area contributed by atoms with Gasteiger partial charge < -0.3 is 31.0 Å². The Labute approximate surface area is 248 Å². The predicted octanol–water partition coefficient (Wildman–Crippen LogP) is 5.21. The van der Waals surface area contributed by atoms with Crippen LogP contribution in [-0.2, 0) is 0 Å². The van der Waals surface area contributed by atoms with E-state index in [-0.39, 0.29) is 49.0 Å². The molecule has 15 heteroatoms. The number of rotatable bonds is 9. The Kier molecular flexibility index (Phi) is 11.3. The van der Waals surface area contributed by atoms with Gasteiger partial charge in [0.05, 0.1) is 6.33 Å². The maximum atomic E-state index is 12.5. The summed E-state index contributed by atoms with van der Waals surface area (Å²) < 4.78 is 43.5. The molecule has 5 rings (SSSR count). The molecule has 10 nitrogen and oxygen atoms in total. The Balaban J connectivity index is 0.00000231. The van der Waals surface area contributed by atoms with Gasteiger partial charge in [-0.15, -0.1) is 38.0 Å². The van der Waals surface area contributed by atoms with Crippen molar-refractivity contribution in [3.05, 3.63) is 36.2 Å². The number of aromatic nitrogens is 4. The second-order valence-corrected chi connectivity index (χ2v) is 10.2. The summed E-state index contributed by atoms with van der Waals surface area (Å²) in [7, 11) is 0. The molecule has 3 aromatic rings. The van der Waals surface area contributed by atoms with E-state index in [0.29, 0.717) is 29.9 Å². The fraction of sp³-hybridized carbons (Fsp3) is 0.538. The first kappa shape index (κ1) is 32.5. The van der Waals surface area contributed by atoms with Crippen LogP contribution in [0.2, 0.25) is 0 Å². The monoisotopic (exact) mass is 618 g/mol. The summed E-state index contributed by atoms with van der Waals surface area (Å²) in [5.41, 5.74) is 7.54. The minimum Gasteiger partial charge on any atom is -0.406 e. The highest BCUT2D eigenvalue weighted by Gasteiger charge is 2.31. The molecule has 0 atom stereocenters. The smallest absolute Gasteiger partial charge is 0.406 e. The fourth-order valence-electron chi connectivity index (χ4n) is 5.29. The molecule has 2 heterocycles. The van der Waals surface area contributed by atoms with Gasteiger partial charge in [-0.05, 0) is 56.7 Å². The molecule has 2 aliphatic carbocycles. The summed E-state index contributed by atoms with van der Waals surface area (Å²) in [4.78, 5) is 26.6. The van der Waals surface area contributed by atoms with Gasteiger partial charge in [0.25, 0.3) is 5.91 Å². The number of hydrogen-bond donors (Lipinski definition) is 4. The number of nitrogens with one attached hydrogen (secondary N) is 3. The van der Waals surface area contributed by atoms with Crippen LogP contribution < -0.4 is 26.4 Å². The molecule has 41 heavy (non-hydrogen) atoms. The average Bonchev–Trinajstić information content (AvgIpc) is 3.57. The van der Waals surface area contributed by atoms with E-state index in [1.165, 1.54) is 25.0 Å². The van der Waals surface area contributed by atoms with E-state index < -0.39 is 18.0 Å². The lowest BCUT2D eigenvalue weighted by Gasteiger charge is -2.27. The van der Waals surface area contributed by atoms with Crippen LogP contribution in [-0.4, -0.2) is 57.0 Å². The molecule has 0 saturated heterocycles. The second kappa shape index (κ2) is 14.2. The maximum absolute atomic E-state index is 12.5. The van der Waals surface area contributed by atoms with Crippen LogP contribution >= 0.6 is 24.8 Å². The molecule has 1 aromatic carbocycles. The molecule has 5 N–H and O–H groups in total. The normalized spacial score (nSPS) is 19.2. The van der Waals surface area contributed by atoms with Crippen LogP contribution in [0.1, 0.15) is 67.8 Å². The molecule has 2 aromatic heterocycles. The molecular weight excluding hydrogens is 584 g/mol. The minimum absolute atomic E-state index is 0. The number of anilines is 2. The van der Waals surface area contributed by atoms with Crippen molar-refractivity contribution in [2.24, 2.45) is 5.73 Å². The molecule has 0 unspecified atom stereocenters.